The largest absolute Gasteiger partial charge is 0.497 e. The molecule has 8 heteroatoms. The second kappa shape index (κ2) is 8.53. The summed E-state index contributed by atoms with van der Waals surface area (Å²) in [6.45, 7) is 1.29. The van der Waals surface area contributed by atoms with Crippen LogP contribution in [0.3, 0.4) is 0 Å². The fourth-order valence-electron chi connectivity index (χ4n) is 3.25. The molecule has 0 unspecified atom stereocenters. The van der Waals surface area contributed by atoms with Crippen LogP contribution in [0.2, 0.25) is 0 Å². The fourth-order valence-corrected chi connectivity index (χ4v) is 4.16. The number of hydrogen-bond acceptors (Lipinski definition) is 6. The molecular weight excluding hydrogens is 414 g/mol. The van der Waals surface area contributed by atoms with Crippen LogP contribution in [0.4, 0.5) is 5.69 Å². The molecule has 31 heavy (non-hydrogen) atoms. The summed E-state index contributed by atoms with van der Waals surface area (Å²) in [6.07, 6.45) is 1.41. The van der Waals surface area contributed by atoms with Gasteiger partial charge in [0.1, 0.15) is 10.6 Å². The Morgan fingerprint density at radius 2 is 1.81 bits per heavy atom. The van der Waals surface area contributed by atoms with Gasteiger partial charge in [0, 0.05) is 29.1 Å². The summed E-state index contributed by atoms with van der Waals surface area (Å²) >= 11 is 1.39. The molecule has 2 aromatic heterocycles. The first-order valence-electron chi connectivity index (χ1n) is 9.48. The van der Waals surface area contributed by atoms with Crippen molar-refractivity contribution < 1.29 is 14.3 Å². The quantitative estimate of drug-likeness (QED) is 0.465. The average molecular weight is 433 g/mol. The first-order valence-corrected chi connectivity index (χ1v) is 10.4. The monoisotopic (exact) mass is 433 g/mol. The van der Waals surface area contributed by atoms with Crippen molar-refractivity contribution >= 4 is 38.9 Å². The van der Waals surface area contributed by atoms with E-state index in [0.29, 0.717) is 21.5 Å². The molecule has 0 bridgehead atoms. The summed E-state index contributed by atoms with van der Waals surface area (Å²) in [5.41, 5.74) is 2.44. The Balaban J connectivity index is 1.64. The fraction of sp³-hybridized carbons (Fsp3) is 0.130. The zero-order valence-corrected chi connectivity index (χ0v) is 17.7. The maximum Gasteiger partial charge on any atom is 0.263 e. The lowest BCUT2D eigenvalue weighted by molar-refractivity contribution is -0.114. The number of benzene rings is 2. The second-order valence-electron chi connectivity index (χ2n) is 6.92. The van der Waals surface area contributed by atoms with Gasteiger partial charge in [-0.2, -0.15) is 0 Å². The number of aromatic nitrogens is 2. The maximum atomic E-state index is 13.2. The van der Waals surface area contributed by atoms with Crippen molar-refractivity contribution in [1.29, 1.82) is 0 Å². The SMILES string of the molecule is COc1ccc(-c2csc3ncn(CC(=O)c4ccc(NC(C)=O)cc4)c(=O)c23)cc1. The average Bonchev–Trinajstić information content (AvgIpc) is 3.21. The van der Waals surface area contributed by atoms with Gasteiger partial charge in [0.15, 0.2) is 5.78 Å². The third-order valence-electron chi connectivity index (χ3n) is 4.80. The molecule has 1 amide bonds. The van der Waals surface area contributed by atoms with Gasteiger partial charge in [-0.3, -0.25) is 19.0 Å². The Morgan fingerprint density at radius 3 is 2.45 bits per heavy atom. The van der Waals surface area contributed by atoms with E-state index in [4.69, 9.17) is 4.74 Å². The first kappa shape index (κ1) is 20.5. The van der Waals surface area contributed by atoms with E-state index in [-0.39, 0.29) is 23.8 Å². The summed E-state index contributed by atoms with van der Waals surface area (Å²) in [6, 6.07) is 14.0. The van der Waals surface area contributed by atoms with Crippen molar-refractivity contribution in [2.75, 3.05) is 12.4 Å². The van der Waals surface area contributed by atoms with Gasteiger partial charge >= 0.3 is 0 Å². The van der Waals surface area contributed by atoms with Crippen molar-refractivity contribution in [3.8, 4) is 16.9 Å². The number of carbonyl (C=O) groups is 2. The molecule has 0 aliphatic carbocycles. The van der Waals surface area contributed by atoms with Crippen LogP contribution in [-0.2, 0) is 11.3 Å². The Kier molecular flexibility index (Phi) is 5.64. The predicted molar refractivity (Wildman–Crippen MR) is 121 cm³/mol. The summed E-state index contributed by atoms with van der Waals surface area (Å²) < 4.78 is 6.52. The highest BCUT2D eigenvalue weighted by Gasteiger charge is 2.15. The number of Topliss-reactive ketones (excluding diaryl/α,β-unsaturated/α-hetero) is 1. The molecule has 2 heterocycles. The predicted octanol–water partition coefficient (Wildman–Crippen LogP) is 3.97. The van der Waals surface area contributed by atoms with Crippen LogP contribution in [0.15, 0.2) is 65.0 Å². The van der Waals surface area contributed by atoms with E-state index in [1.54, 1.807) is 31.4 Å². The molecular formula is C23H19N3O4S. The lowest BCUT2D eigenvalue weighted by Crippen LogP contribution is -2.24. The highest BCUT2D eigenvalue weighted by molar-refractivity contribution is 7.17. The van der Waals surface area contributed by atoms with Gasteiger partial charge in [-0.05, 0) is 42.0 Å². The molecule has 0 aliphatic rings. The summed E-state index contributed by atoms with van der Waals surface area (Å²) in [5, 5.41) is 5.04. The number of hydrogen-bond donors (Lipinski definition) is 1. The van der Waals surface area contributed by atoms with E-state index in [1.807, 2.05) is 29.6 Å². The van der Waals surface area contributed by atoms with Crippen LogP contribution < -0.4 is 15.6 Å². The Bertz CT molecular complexity index is 1320. The zero-order valence-electron chi connectivity index (χ0n) is 16.9. The second-order valence-corrected chi connectivity index (χ2v) is 7.78. The number of fused-ring (bicyclic) bond motifs is 1. The minimum Gasteiger partial charge on any atom is -0.497 e. The third-order valence-corrected chi connectivity index (χ3v) is 5.69. The Hall–Kier alpha value is -3.78. The van der Waals surface area contributed by atoms with Gasteiger partial charge in [-0.15, -0.1) is 11.3 Å². The van der Waals surface area contributed by atoms with E-state index in [0.717, 1.165) is 16.9 Å². The first-order chi connectivity index (χ1) is 15.0. The van der Waals surface area contributed by atoms with E-state index < -0.39 is 0 Å². The molecule has 4 rings (SSSR count). The summed E-state index contributed by atoms with van der Waals surface area (Å²) in [7, 11) is 1.60. The number of ether oxygens (including phenoxy) is 1. The van der Waals surface area contributed by atoms with Gasteiger partial charge in [-0.1, -0.05) is 12.1 Å². The van der Waals surface area contributed by atoms with E-state index in [9.17, 15) is 14.4 Å². The lowest BCUT2D eigenvalue weighted by atomic mass is 10.1. The van der Waals surface area contributed by atoms with Crippen LogP contribution >= 0.6 is 11.3 Å². The summed E-state index contributed by atoms with van der Waals surface area (Å²) in [4.78, 5) is 42.0. The minimum atomic E-state index is -0.264. The third kappa shape index (κ3) is 4.24. The molecule has 0 radical (unpaired) electrons. The van der Waals surface area contributed by atoms with E-state index in [1.165, 1.54) is 29.2 Å². The number of ketones is 1. The maximum absolute atomic E-state index is 13.2. The molecule has 7 nitrogen and oxygen atoms in total. The number of methoxy groups -OCH3 is 1. The number of carbonyl (C=O) groups excluding carboxylic acids is 2. The molecule has 0 aliphatic heterocycles. The normalized spacial score (nSPS) is 10.8. The molecule has 1 N–H and O–H groups in total. The van der Waals surface area contributed by atoms with E-state index >= 15 is 0 Å². The Morgan fingerprint density at radius 1 is 1.10 bits per heavy atom. The van der Waals surface area contributed by atoms with Crippen LogP contribution in [0.25, 0.3) is 21.3 Å². The molecule has 0 fully saturated rings. The lowest BCUT2D eigenvalue weighted by Gasteiger charge is -2.07. The molecule has 0 saturated carbocycles. The zero-order chi connectivity index (χ0) is 22.0. The highest BCUT2D eigenvalue weighted by Crippen LogP contribution is 2.31. The highest BCUT2D eigenvalue weighted by atomic mass is 32.1. The van der Waals surface area contributed by atoms with Crippen LogP contribution in [-0.4, -0.2) is 28.4 Å². The van der Waals surface area contributed by atoms with Crippen molar-refractivity contribution in [3.05, 3.63) is 76.2 Å². The van der Waals surface area contributed by atoms with Gasteiger partial charge in [0.2, 0.25) is 5.91 Å². The molecule has 0 spiro atoms. The van der Waals surface area contributed by atoms with Crippen LogP contribution in [0.5, 0.6) is 5.75 Å². The number of nitrogens with one attached hydrogen (secondary N) is 1. The van der Waals surface area contributed by atoms with Crippen molar-refractivity contribution in [1.82, 2.24) is 9.55 Å². The van der Waals surface area contributed by atoms with E-state index in [2.05, 4.69) is 10.3 Å². The molecule has 0 atom stereocenters. The number of nitrogens with zero attached hydrogens (tertiary/aromatic N) is 2. The van der Waals surface area contributed by atoms with Gasteiger partial charge in [0.05, 0.1) is 25.4 Å². The topological polar surface area (TPSA) is 90.3 Å². The van der Waals surface area contributed by atoms with Crippen molar-refractivity contribution in [2.45, 2.75) is 13.5 Å². The van der Waals surface area contributed by atoms with Gasteiger partial charge < -0.3 is 10.1 Å². The number of rotatable bonds is 6. The smallest absolute Gasteiger partial charge is 0.263 e. The number of anilines is 1. The number of amides is 1. The van der Waals surface area contributed by atoms with Crippen molar-refractivity contribution in [2.24, 2.45) is 0 Å². The molecule has 4 aromatic rings. The minimum absolute atomic E-state index is 0.126. The Labute approximate surface area is 181 Å². The van der Waals surface area contributed by atoms with Crippen LogP contribution in [0.1, 0.15) is 17.3 Å². The van der Waals surface area contributed by atoms with Crippen LogP contribution in [0, 0.1) is 0 Å². The van der Waals surface area contributed by atoms with Gasteiger partial charge in [0.25, 0.3) is 5.56 Å². The van der Waals surface area contributed by atoms with Gasteiger partial charge in [-0.25, -0.2) is 4.98 Å². The molecule has 0 saturated heterocycles. The molecule has 156 valence electrons. The molecule has 2 aromatic carbocycles. The number of thiophene rings is 1. The summed E-state index contributed by atoms with van der Waals surface area (Å²) in [5.74, 6) is 0.321. The standard InChI is InChI=1S/C23H19N3O4S/c1-14(27)25-17-7-3-16(4-8-17)20(28)11-26-13-24-22-21(23(26)29)19(12-31-22)15-5-9-18(30-2)10-6-15/h3-10,12-13H,11H2,1-2H3,(H,25,27). The van der Waals surface area contributed by atoms with Crippen molar-refractivity contribution in [3.63, 3.8) is 0 Å².